The molecule has 1 heterocycles. The molecule has 8 heteroatoms. The number of aromatic amines is 1. The highest BCUT2D eigenvalue weighted by atomic mass is 19.4. The van der Waals surface area contributed by atoms with E-state index in [1.807, 2.05) is 4.98 Å². The third-order valence-corrected chi connectivity index (χ3v) is 2.17. The van der Waals surface area contributed by atoms with Crippen LogP contribution >= 0.6 is 0 Å². The van der Waals surface area contributed by atoms with Crippen molar-refractivity contribution in [2.24, 2.45) is 0 Å². The number of hydrogen-bond acceptors (Lipinski definition) is 3. The van der Waals surface area contributed by atoms with Crippen LogP contribution in [0.5, 0.6) is 0 Å². The van der Waals surface area contributed by atoms with E-state index in [0.29, 0.717) is 12.3 Å². The van der Waals surface area contributed by atoms with Crippen molar-refractivity contribution in [3.05, 3.63) is 33.7 Å². The molecule has 0 radical (unpaired) electrons. The second-order valence-electron chi connectivity index (χ2n) is 5.29. The minimum absolute atomic E-state index is 0.162. The number of carbonyl (C=O) groups is 1. The highest BCUT2D eigenvalue weighted by molar-refractivity contribution is 5.68. The van der Waals surface area contributed by atoms with E-state index >= 15 is 0 Å². The van der Waals surface area contributed by atoms with Gasteiger partial charge in [-0.05, 0) is 26.8 Å². The third-order valence-electron chi connectivity index (χ3n) is 2.17. The first-order chi connectivity index (χ1) is 9.99. The predicted molar refractivity (Wildman–Crippen MR) is 73.2 cm³/mol. The van der Waals surface area contributed by atoms with Gasteiger partial charge in [0.15, 0.2) is 0 Å². The lowest BCUT2D eigenvalue weighted by Crippen LogP contribution is -2.32. The lowest BCUT2D eigenvalue weighted by molar-refractivity contribution is -0.137. The average molecular weight is 316 g/mol. The summed E-state index contributed by atoms with van der Waals surface area (Å²) < 4.78 is 42.5. The van der Waals surface area contributed by atoms with E-state index in [0.717, 1.165) is 0 Å². The van der Waals surface area contributed by atoms with Crippen molar-refractivity contribution < 1.29 is 22.7 Å². The number of carbonyl (C=O) groups excluding carboxylic acids is 1. The van der Waals surface area contributed by atoms with E-state index in [-0.39, 0.29) is 12.1 Å². The van der Waals surface area contributed by atoms with Crippen LogP contribution in [0.2, 0.25) is 0 Å². The standard InChI is InChI=1S/C14H15F3N2O3/c1-13(2,3)22-12(21)18-6-4-5-9-7-10(14(15,16)17)8-19-11(9)20/h7-8H,6H2,1-3H3,(H,18,21)(H,19,20). The Morgan fingerprint density at radius 3 is 2.55 bits per heavy atom. The Morgan fingerprint density at radius 2 is 2.00 bits per heavy atom. The number of hydrogen-bond donors (Lipinski definition) is 2. The van der Waals surface area contributed by atoms with Crippen molar-refractivity contribution in [2.75, 3.05) is 6.54 Å². The smallest absolute Gasteiger partial charge is 0.417 e. The molecule has 0 aliphatic rings. The molecule has 0 atom stereocenters. The summed E-state index contributed by atoms with van der Waals surface area (Å²) in [5.41, 5.74) is -2.74. The molecule has 0 saturated heterocycles. The van der Waals surface area contributed by atoms with Crippen LogP contribution in [-0.4, -0.2) is 23.2 Å². The quantitative estimate of drug-likeness (QED) is 0.781. The number of rotatable bonds is 1. The van der Waals surface area contributed by atoms with E-state index in [2.05, 4.69) is 17.2 Å². The van der Waals surface area contributed by atoms with Gasteiger partial charge in [0, 0.05) is 6.20 Å². The van der Waals surface area contributed by atoms with Crippen molar-refractivity contribution in [3.8, 4) is 11.8 Å². The van der Waals surface area contributed by atoms with Gasteiger partial charge in [0.1, 0.15) is 5.60 Å². The number of alkyl halides is 3. The number of pyridine rings is 1. The molecule has 1 rings (SSSR count). The molecule has 1 aromatic rings. The maximum atomic E-state index is 12.5. The van der Waals surface area contributed by atoms with Crippen molar-refractivity contribution in [1.29, 1.82) is 0 Å². The SMILES string of the molecule is CC(C)(C)OC(=O)NCC#Cc1cc(C(F)(F)F)c[nH]c1=O. The molecule has 120 valence electrons. The number of alkyl carbamates (subject to hydrolysis) is 1. The molecule has 0 aromatic carbocycles. The molecule has 22 heavy (non-hydrogen) atoms. The highest BCUT2D eigenvalue weighted by Gasteiger charge is 2.31. The van der Waals surface area contributed by atoms with Gasteiger partial charge in [0.25, 0.3) is 5.56 Å². The summed E-state index contributed by atoms with van der Waals surface area (Å²) in [6.45, 7) is 4.88. The lowest BCUT2D eigenvalue weighted by atomic mass is 10.2. The number of halogens is 3. The molecule has 0 fully saturated rings. The van der Waals surface area contributed by atoms with E-state index in [1.54, 1.807) is 20.8 Å². The molecular formula is C14H15F3N2O3. The van der Waals surface area contributed by atoms with Crippen LogP contribution in [0.4, 0.5) is 18.0 Å². The summed E-state index contributed by atoms with van der Waals surface area (Å²) in [6, 6.07) is 0.652. The Labute approximate surface area is 124 Å². The summed E-state index contributed by atoms with van der Waals surface area (Å²) in [4.78, 5) is 24.6. The van der Waals surface area contributed by atoms with Crippen molar-refractivity contribution in [3.63, 3.8) is 0 Å². The van der Waals surface area contributed by atoms with Crippen LogP contribution in [0, 0.1) is 11.8 Å². The first-order valence-corrected chi connectivity index (χ1v) is 6.25. The number of nitrogens with one attached hydrogen (secondary N) is 2. The normalized spacial score (nSPS) is 11.4. The molecule has 1 amide bonds. The Bertz CT molecular complexity index is 661. The van der Waals surface area contributed by atoms with Gasteiger partial charge >= 0.3 is 12.3 Å². The van der Waals surface area contributed by atoms with Crippen LogP contribution in [0.1, 0.15) is 31.9 Å². The summed E-state index contributed by atoms with van der Waals surface area (Å²) in [5.74, 6) is 4.67. The zero-order chi connectivity index (χ0) is 17.0. The van der Waals surface area contributed by atoms with Gasteiger partial charge in [0.2, 0.25) is 0 Å². The minimum Gasteiger partial charge on any atom is -0.444 e. The Kier molecular flexibility index (Phi) is 5.25. The van der Waals surface area contributed by atoms with Gasteiger partial charge in [-0.2, -0.15) is 13.2 Å². The fourth-order valence-electron chi connectivity index (χ4n) is 1.31. The number of H-pyrrole nitrogens is 1. The van der Waals surface area contributed by atoms with Crippen LogP contribution in [0.25, 0.3) is 0 Å². The van der Waals surface area contributed by atoms with Crippen LogP contribution in [0.3, 0.4) is 0 Å². The fourth-order valence-corrected chi connectivity index (χ4v) is 1.31. The lowest BCUT2D eigenvalue weighted by Gasteiger charge is -2.18. The average Bonchev–Trinajstić information content (AvgIpc) is 2.33. The molecule has 0 aliphatic carbocycles. The van der Waals surface area contributed by atoms with E-state index in [1.165, 1.54) is 0 Å². The van der Waals surface area contributed by atoms with Gasteiger partial charge in [-0.15, -0.1) is 0 Å². The summed E-state index contributed by atoms with van der Waals surface area (Å²) in [6.07, 6.45) is -4.71. The zero-order valence-corrected chi connectivity index (χ0v) is 12.2. The first-order valence-electron chi connectivity index (χ1n) is 6.25. The summed E-state index contributed by atoms with van der Waals surface area (Å²) >= 11 is 0. The van der Waals surface area contributed by atoms with Gasteiger partial charge in [-0.3, -0.25) is 4.79 Å². The monoisotopic (exact) mass is 316 g/mol. The molecule has 0 spiro atoms. The Balaban J connectivity index is 2.73. The molecule has 0 unspecified atom stereocenters. The van der Waals surface area contributed by atoms with Crippen molar-refractivity contribution in [1.82, 2.24) is 10.3 Å². The predicted octanol–water partition coefficient (Wildman–Crippen LogP) is 2.27. The minimum atomic E-state index is -4.57. The van der Waals surface area contributed by atoms with Gasteiger partial charge in [-0.1, -0.05) is 11.8 Å². The van der Waals surface area contributed by atoms with E-state index in [9.17, 15) is 22.8 Å². The molecule has 2 N–H and O–H groups in total. The molecule has 0 bridgehead atoms. The summed E-state index contributed by atoms with van der Waals surface area (Å²) in [7, 11) is 0. The number of ether oxygens (including phenoxy) is 1. The first kappa shape index (κ1) is 17.6. The fraction of sp³-hybridized carbons (Fsp3) is 0.429. The Hall–Kier alpha value is -2.43. The number of amides is 1. The highest BCUT2D eigenvalue weighted by Crippen LogP contribution is 2.28. The molecule has 1 aromatic heterocycles. The van der Waals surface area contributed by atoms with Gasteiger partial charge < -0.3 is 15.0 Å². The van der Waals surface area contributed by atoms with Crippen LogP contribution in [-0.2, 0) is 10.9 Å². The second-order valence-corrected chi connectivity index (χ2v) is 5.29. The second kappa shape index (κ2) is 6.56. The van der Waals surface area contributed by atoms with Gasteiger partial charge in [-0.25, -0.2) is 4.79 Å². The Morgan fingerprint density at radius 1 is 1.36 bits per heavy atom. The molecular weight excluding hydrogens is 301 g/mol. The van der Waals surface area contributed by atoms with E-state index < -0.39 is 29.0 Å². The number of aromatic nitrogens is 1. The van der Waals surface area contributed by atoms with Crippen molar-refractivity contribution >= 4 is 6.09 Å². The molecule has 5 nitrogen and oxygen atoms in total. The maximum Gasteiger partial charge on any atom is 0.417 e. The van der Waals surface area contributed by atoms with Crippen molar-refractivity contribution in [2.45, 2.75) is 32.5 Å². The summed E-state index contributed by atoms with van der Waals surface area (Å²) in [5, 5.41) is 2.30. The largest absolute Gasteiger partial charge is 0.444 e. The molecule has 0 aliphatic heterocycles. The molecule has 0 saturated carbocycles. The third kappa shape index (κ3) is 5.91. The van der Waals surface area contributed by atoms with Crippen LogP contribution < -0.4 is 10.9 Å². The zero-order valence-electron chi connectivity index (χ0n) is 12.2. The maximum absolute atomic E-state index is 12.5. The van der Waals surface area contributed by atoms with Crippen LogP contribution in [0.15, 0.2) is 17.1 Å². The topological polar surface area (TPSA) is 71.2 Å². The van der Waals surface area contributed by atoms with E-state index in [4.69, 9.17) is 4.74 Å². The van der Waals surface area contributed by atoms with Gasteiger partial charge in [0.05, 0.1) is 17.7 Å².